The molecule has 7 heteroatoms. The summed E-state index contributed by atoms with van der Waals surface area (Å²) in [7, 11) is 0. The number of thioether (sulfide) groups is 1. The van der Waals surface area contributed by atoms with Gasteiger partial charge in [-0.2, -0.15) is 0 Å². The summed E-state index contributed by atoms with van der Waals surface area (Å²) < 4.78 is 0. The summed E-state index contributed by atoms with van der Waals surface area (Å²) in [6.07, 6.45) is 0.842. The third-order valence-corrected chi connectivity index (χ3v) is 6.52. The van der Waals surface area contributed by atoms with E-state index in [1.165, 1.54) is 17.3 Å². The van der Waals surface area contributed by atoms with Crippen LogP contribution in [0.2, 0.25) is 0 Å². The molecule has 4 nitrogen and oxygen atoms in total. The predicted octanol–water partition coefficient (Wildman–Crippen LogP) is 7.25. The van der Waals surface area contributed by atoms with Gasteiger partial charge in [-0.3, -0.25) is 4.98 Å². The highest BCUT2D eigenvalue weighted by Gasteiger charge is 2.22. The number of hydrogen-bond acceptors (Lipinski definition) is 4. The highest BCUT2D eigenvalue weighted by molar-refractivity contribution is 7.98. The van der Waals surface area contributed by atoms with Crippen molar-refractivity contribution in [3.63, 3.8) is 0 Å². The van der Waals surface area contributed by atoms with Crippen LogP contribution < -0.4 is 5.73 Å². The molecule has 2 aromatic carbocycles. The quantitative estimate of drug-likeness (QED) is 0.321. The highest BCUT2D eigenvalue weighted by atomic mass is 35.5. The second kappa shape index (κ2) is 12.6. The van der Waals surface area contributed by atoms with Gasteiger partial charge in [0, 0.05) is 28.6 Å². The van der Waals surface area contributed by atoms with Crippen molar-refractivity contribution in [3.05, 3.63) is 82.2 Å². The second-order valence-corrected chi connectivity index (χ2v) is 10.4. The highest BCUT2D eigenvalue weighted by Crippen LogP contribution is 2.37. The Morgan fingerprint density at radius 3 is 2.18 bits per heavy atom. The van der Waals surface area contributed by atoms with Crippen molar-refractivity contribution in [3.8, 4) is 11.1 Å². The lowest BCUT2D eigenvalue weighted by atomic mass is 9.85. The van der Waals surface area contributed by atoms with Gasteiger partial charge in [-0.1, -0.05) is 62.7 Å². The van der Waals surface area contributed by atoms with Gasteiger partial charge in [0.1, 0.15) is 0 Å². The number of hydrogen-bond donors (Lipinski definition) is 2. The third-order valence-electron chi connectivity index (χ3n) is 5.42. The lowest BCUT2D eigenvalue weighted by Crippen LogP contribution is -2.17. The van der Waals surface area contributed by atoms with Crippen molar-refractivity contribution in [2.45, 2.75) is 58.2 Å². The van der Waals surface area contributed by atoms with E-state index in [0.717, 1.165) is 45.0 Å². The number of nitrogens with two attached hydrogens (primary N) is 1. The largest absolute Gasteiger partial charge is 0.478 e. The minimum absolute atomic E-state index is 0. The maximum Gasteiger partial charge on any atom is 0.336 e. The van der Waals surface area contributed by atoms with Crippen molar-refractivity contribution in [1.82, 2.24) is 4.98 Å². The lowest BCUT2D eigenvalue weighted by Gasteiger charge is -2.24. The molecular formula is C27H34Cl2N2O2S. The van der Waals surface area contributed by atoms with Crippen LogP contribution in [0.5, 0.6) is 0 Å². The number of carboxylic acid groups (broad SMARTS) is 1. The number of benzene rings is 2. The Balaban J connectivity index is 0.00000289. The average molecular weight is 522 g/mol. The fraction of sp³-hybridized carbons (Fsp3) is 0.333. The Kier molecular flexibility index (Phi) is 11.1. The van der Waals surface area contributed by atoms with Crippen LogP contribution in [-0.4, -0.2) is 16.1 Å². The zero-order valence-electron chi connectivity index (χ0n) is 20.3. The normalized spacial score (nSPS) is 10.9. The fourth-order valence-electron chi connectivity index (χ4n) is 3.88. The number of halogens is 2. The lowest BCUT2D eigenvalue weighted by molar-refractivity contribution is 0.0693. The Morgan fingerprint density at radius 2 is 1.62 bits per heavy atom. The molecule has 3 aromatic rings. The van der Waals surface area contributed by atoms with Crippen LogP contribution in [0.15, 0.2) is 53.4 Å². The maximum absolute atomic E-state index is 11.7. The SMILES string of the molecule is Cc1ccc(-c2c(CSc3ccccc3C(=O)O)c(C)nc(CC(C)(C)C)c2CN)cc1.Cl.Cl. The molecular weight excluding hydrogens is 487 g/mol. The third kappa shape index (κ3) is 7.22. The number of aromatic nitrogens is 1. The molecule has 34 heavy (non-hydrogen) atoms. The van der Waals surface area contributed by atoms with E-state index in [0.29, 0.717) is 17.9 Å². The maximum atomic E-state index is 11.7. The van der Waals surface area contributed by atoms with E-state index in [4.69, 9.17) is 10.7 Å². The van der Waals surface area contributed by atoms with Gasteiger partial charge in [-0.05, 0) is 60.1 Å². The van der Waals surface area contributed by atoms with Gasteiger partial charge in [-0.15, -0.1) is 36.6 Å². The summed E-state index contributed by atoms with van der Waals surface area (Å²) in [5.74, 6) is -0.292. The van der Waals surface area contributed by atoms with Crippen LogP contribution >= 0.6 is 36.6 Å². The first kappa shape index (κ1) is 30.0. The zero-order valence-corrected chi connectivity index (χ0v) is 22.8. The Morgan fingerprint density at radius 1 is 1.00 bits per heavy atom. The molecule has 3 N–H and O–H groups in total. The van der Waals surface area contributed by atoms with E-state index in [1.54, 1.807) is 12.1 Å². The summed E-state index contributed by atoms with van der Waals surface area (Å²) in [5, 5.41) is 9.56. The predicted molar refractivity (Wildman–Crippen MR) is 148 cm³/mol. The summed E-state index contributed by atoms with van der Waals surface area (Å²) in [6.45, 7) is 11.2. The van der Waals surface area contributed by atoms with Crippen LogP contribution in [0.3, 0.4) is 0 Å². The van der Waals surface area contributed by atoms with Gasteiger partial charge in [0.05, 0.1) is 5.56 Å². The number of pyridine rings is 1. The molecule has 0 fully saturated rings. The van der Waals surface area contributed by atoms with Gasteiger partial charge < -0.3 is 10.8 Å². The first-order chi connectivity index (χ1) is 15.1. The standard InChI is InChI=1S/C27H32N2O2S.2ClH/c1-17-10-12-19(13-11-17)25-21(15-28)23(14-27(3,4)5)29-18(2)22(25)16-32-24-9-7-6-8-20(24)26(30)31;;/h6-13H,14-16,28H2,1-5H3,(H,30,31);2*1H. The van der Waals surface area contributed by atoms with E-state index in [-0.39, 0.29) is 30.2 Å². The van der Waals surface area contributed by atoms with Crippen molar-refractivity contribution >= 4 is 42.5 Å². The number of carboxylic acids is 1. The first-order valence-electron chi connectivity index (χ1n) is 10.8. The van der Waals surface area contributed by atoms with Crippen molar-refractivity contribution in [1.29, 1.82) is 0 Å². The molecule has 0 spiro atoms. The van der Waals surface area contributed by atoms with Gasteiger partial charge >= 0.3 is 5.97 Å². The molecule has 0 aliphatic rings. The molecule has 3 rings (SSSR count). The number of aromatic carboxylic acids is 1. The minimum atomic E-state index is -0.912. The molecule has 0 amide bonds. The second-order valence-electron chi connectivity index (χ2n) is 9.37. The first-order valence-corrected chi connectivity index (χ1v) is 11.8. The fourth-order valence-corrected chi connectivity index (χ4v) is 5.02. The van der Waals surface area contributed by atoms with Gasteiger partial charge in [0.25, 0.3) is 0 Å². The van der Waals surface area contributed by atoms with Crippen LogP contribution in [0, 0.1) is 19.3 Å². The average Bonchev–Trinajstić information content (AvgIpc) is 2.72. The van der Waals surface area contributed by atoms with Gasteiger partial charge in [0.15, 0.2) is 0 Å². The number of aryl methyl sites for hydroxylation is 2. The molecule has 1 aromatic heterocycles. The van der Waals surface area contributed by atoms with Gasteiger partial charge in [0.2, 0.25) is 0 Å². The van der Waals surface area contributed by atoms with Crippen LogP contribution in [0.25, 0.3) is 11.1 Å². The molecule has 1 heterocycles. The number of nitrogens with zero attached hydrogens (tertiary/aromatic N) is 1. The monoisotopic (exact) mass is 520 g/mol. The Bertz CT molecular complexity index is 1130. The molecule has 0 aliphatic heterocycles. The minimum Gasteiger partial charge on any atom is -0.478 e. The Hall–Kier alpha value is -2.05. The zero-order chi connectivity index (χ0) is 23.5. The summed E-state index contributed by atoms with van der Waals surface area (Å²) >= 11 is 1.53. The Labute approximate surface area is 219 Å². The van der Waals surface area contributed by atoms with Crippen LogP contribution in [0.1, 0.15) is 59.2 Å². The summed E-state index contributed by atoms with van der Waals surface area (Å²) in [4.78, 5) is 17.4. The van der Waals surface area contributed by atoms with E-state index in [2.05, 4.69) is 52.0 Å². The summed E-state index contributed by atoms with van der Waals surface area (Å²) in [6, 6.07) is 15.7. The molecule has 0 radical (unpaired) electrons. The molecule has 0 unspecified atom stereocenters. The molecule has 0 aliphatic carbocycles. The van der Waals surface area contributed by atoms with Crippen molar-refractivity contribution < 1.29 is 9.90 Å². The van der Waals surface area contributed by atoms with Crippen molar-refractivity contribution in [2.24, 2.45) is 11.1 Å². The molecule has 0 atom stereocenters. The van der Waals surface area contributed by atoms with Crippen molar-refractivity contribution in [2.75, 3.05) is 0 Å². The molecule has 0 bridgehead atoms. The van der Waals surface area contributed by atoms with Crippen LogP contribution in [0.4, 0.5) is 0 Å². The van der Waals surface area contributed by atoms with E-state index in [9.17, 15) is 9.90 Å². The molecule has 184 valence electrons. The number of carbonyl (C=O) groups is 1. The van der Waals surface area contributed by atoms with E-state index >= 15 is 0 Å². The van der Waals surface area contributed by atoms with E-state index < -0.39 is 5.97 Å². The van der Waals surface area contributed by atoms with Crippen LogP contribution in [-0.2, 0) is 18.7 Å². The topological polar surface area (TPSA) is 76.2 Å². The van der Waals surface area contributed by atoms with Gasteiger partial charge in [-0.25, -0.2) is 4.79 Å². The molecule has 0 saturated heterocycles. The van der Waals surface area contributed by atoms with E-state index in [1.807, 2.05) is 19.1 Å². The summed E-state index contributed by atoms with van der Waals surface area (Å²) in [5.41, 5.74) is 14.4. The molecule has 0 saturated carbocycles. The number of rotatable bonds is 7. The smallest absolute Gasteiger partial charge is 0.336 e.